The van der Waals surface area contributed by atoms with Crippen molar-refractivity contribution in [3.63, 3.8) is 0 Å². The monoisotopic (exact) mass is 163 g/mol. The maximum absolute atomic E-state index is 9.98. The van der Waals surface area contributed by atoms with Crippen LogP contribution in [0.1, 0.15) is 0 Å². The summed E-state index contributed by atoms with van der Waals surface area (Å²) < 4.78 is 9.59. The average Bonchev–Trinajstić information content (AvgIpc) is 2.51. The zero-order valence-corrected chi connectivity index (χ0v) is 6.06. The first kappa shape index (κ1) is 6.84. The van der Waals surface area contributed by atoms with Crippen LogP contribution in [0.2, 0.25) is 0 Å². The summed E-state index contributed by atoms with van der Waals surface area (Å²) in [5, 5.41) is 0.814. The summed E-state index contributed by atoms with van der Waals surface area (Å²) in [4.78, 5) is 13.9. The lowest BCUT2D eigenvalue weighted by Gasteiger charge is -1.94. The topological polar surface area (TPSA) is 52.3 Å². The fourth-order valence-corrected chi connectivity index (χ4v) is 0.959. The lowest BCUT2D eigenvalue weighted by molar-refractivity contribution is -0.120. The molecule has 0 aliphatic heterocycles. The number of furan rings is 1. The molecule has 0 N–H and O–H groups in total. The molecule has 2 rings (SSSR count). The average molecular weight is 163 g/mol. The van der Waals surface area contributed by atoms with Gasteiger partial charge in [0.1, 0.15) is 5.75 Å². The summed E-state index contributed by atoms with van der Waals surface area (Å²) in [5.74, 6) is 0.416. The van der Waals surface area contributed by atoms with Gasteiger partial charge >= 0.3 is 0 Å². The Morgan fingerprint density at radius 1 is 1.58 bits per heavy atom. The number of fused-ring (bicyclic) bond motifs is 1. The Kier molecular flexibility index (Phi) is 1.51. The molecule has 0 saturated heterocycles. The fourth-order valence-electron chi connectivity index (χ4n) is 0.959. The third-order valence-electron chi connectivity index (χ3n) is 1.47. The summed E-state index contributed by atoms with van der Waals surface area (Å²) in [6.07, 6.45) is 2.96. The molecule has 2 heterocycles. The predicted octanol–water partition coefficient (Wildman–Crippen LogP) is 1.36. The number of pyridine rings is 1. The molecule has 0 bridgehead atoms. The van der Waals surface area contributed by atoms with Crippen LogP contribution in [0, 0.1) is 0 Å². The smallest absolute Gasteiger partial charge is 0.298 e. The molecule has 0 amide bonds. The van der Waals surface area contributed by atoms with Crippen molar-refractivity contribution in [3.8, 4) is 5.75 Å². The first-order valence-corrected chi connectivity index (χ1v) is 3.34. The minimum Gasteiger partial charge on any atom is -0.446 e. The first-order valence-electron chi connectivity index (χ1n) is 3.34. The normalized spacial score (nSPS) is 10.0. The molecule has 0 spiro atoms. The standard InChI is InChI=1S/C8H5NO3/c10-5-12-7-3-6-1-2-11-8(6)9-4-7/h1-5H. The van der Waals surface area contributed by atoms with Gasteiger partial charge in [-0.3, -0.25) is 4.79 Å². The predicted molar refractivity (Wildman–Crippen MR) is 40.7 cm³/mol. The summed E-state index contributed by atoms with van der Waals surface area (Å²) in [5.41, 5.74) is 0.535. The Morgan fingerprint density at radius 3 is 3.33 bits per heavy atom. The van der Waals surface area contributed by atoms with E-state index in [1.807, 2.05) is 0 Å². The molecule has 4 heteroatoms. The van der Waals surface area contributed by atoms with E-state index in [0.717, 1.165) is 5.39 Å². The van der Waals surface area contributed by atoms with Gasteiger partial charge in [-0.25, -0.2) is 4.98 Å². The molecular formula is C8H5NO3. The lowest BCUT2D eigenvalue weighted by atomic mass is 10.3. The minimum absolute atomic E-state index is 0.364. The van der Waals surface area contributed by atoms with Crippen molar-refractivity contribution in [1.82, 2.24) is 4.98 Å². The fraction of sp³-hybridized carbons (Fsp3) is 0. The van der Waals surface area contributed by atoms with Crippen molar-refractivity contribution in [2.75, 3.05) is 0 Å². The van der Waals surface area contributed by atoms with Crippen LogP contribution in [0.4, 0.5) is 0 Å². The van der Waals surface area contributed by atoms with E-state index < -0.39 is 0 Å². The van der Waals surface area contributed by atoms with Crippen LogP contribution in [0.3, 0.4) is 0 Å². The Hall–Kier alpha value is -1.84. The zero-order chi connectivity index (χ0) is 8.39. The maximum Gasteiger partial charge on any atom is 0.298 e. The molecule has 2 aromatic heterocycles. The first-order chi connectivity index (χ1) is 5.90. The second-order valence-electron chi connectivity index (χ2n) is 2.20. The van der Waals surface area contributed by atoms with Gasteiger partial charge in [-0.2, -0.15) is 0 Å². The molecule has 0 aliphatic carbocycles. The molecule has 0 atom stereocenters. The molecule has 2 aromatic rings. The van der Waals surface area contributed by atoms with Crippen LogP contribution in [-0.2, 0) is 4.79 Å². The van der Waals surface area contributed by atoms with Crippen LogP contribution in [0.5, 0.6) is 5.75 Å². The summed E-state index contributed by atoms with van der Waals surface area (Å²) >= 11 is 0. The SMILES string of the molecule is O=COc1cnc2occc2c1. The molecule has 0 radical (unpaired) electrons. The summed E-state index contributed by atoms with van der Waals surface area (Å²) in [6.45, 7) is 0.364. The molecule has 0 aromatic carbocycles. The van der Waals surface area contributed by atoms with Gasteiger partial charge in [0.2, 0.25) is 5.71 Å². The molecule has 12 heavy (non-hydrogen) atoms. The van der Waals surface area contributed by atoms with Crippen LogP contribution < -0.4 is 4.74 Å². The molecular weight excluding hydrogens is 158 g/mol. The van der Waals surface area contributed by atoms with E-state index in [0.29, 0.717) is 17.9 Å². The second kappa shape index (κ2) is 2.65. The number of nitrogens with zero attached hydrogens (tertiary/aromatic N) is 1. The van der Waals surface area contributed by atoms with Crippen LogP contribution in [0.15, 0.2) is 29.0 Å². The molecule has 0 aliphatic rings. The molecule has 4 nitrogen and oxygen atoms in total. The lowest BCUT2D eigenvalue weighted by Crippen LogP contribution is -1.88. The number of carbonyl (C=O) groups excluding carboxylic acids is 1. The van der Waals surface area contributed by atoms with Gasteiger partial charge in [-0.05, 0) is 12.1 Å². The second-order valence-corrected chi connectivity index (χ2v) is 2.20. The van der Waals surface area contributed by atoms with Crippen molar-refractivity contribution < 1.29 is 13.9 Å². The van der Waals surface area contributed by atoms with Crippen molar-refractivity contribution in [2.24, 2.45) is 0 Å². The van der Waals surface area contributed by atoms with Gasteiger partial charge < -0.3 is 9.15 Å². The van der Waals surface area contributed by atoms with Crippen molar-refractivity contribution in [2.45, 2.75) is 0 Å². The van der Waals surface area contributed by atoms with E-state index in [4.69, 9.17) is 4.42 Å². The quantitative estimate of drug-likeness (QED) is 0.627. The van der Waals surface area contributed by atoms with E-state index in [-0.39, 0.29) is 0 Å². The number of carbonyl (C=O) groups is 1. The minimum atomic E-state index is 0.364. The molecule has 0 unspecified atom stereocenters. The van der Waals surface area contributed by atoms with Gasteiger partial charge in [0, 0.05) is 5.39 Å². The largest absolute Gasteiger partial charge is 0.446 e. The number of hydrogen-bond acceptors (Lipinski definition) is 4. The summed E-state index contributed by atoms with van der Waals surface area (Å²) in [7, 11) is 0. The van der Waals surface area contributed by atoms with E-state index in [9.17, 15) is 4.79 Å². The Morgan fingerprint density at radius 2 is 2.50 bits per heavy atom. The number of hydrogen-bond donors (Lipinski definition) is 0. The third-order valence-corrected chi connectivity index (χ3v) is 1.47. The number of rotatable bonds is 2. The van der Waals surface area contributed by atoms with Crippen LogP contribution in [-0.4, -0.2) is 11.5 Å². The summed E-state index contributed by atoms with van der Waals surface area (Å²) in [6, 6.07) is 3.43. The van der Waals surface area contributed by atoms with Gasteiger partial charge in [0.05, 0.1) is 12.5 Å². The van der Waals surface area contributed by atoms with E-state index >= 15 is 0 Å². The van der Waals surface area contributed by atoms with Crippen LogP contribution >= 0.6 is 0 Å². The van der Waals surface area contributed by atoms with E-state index in [2.05, 4.69) is 9.72 Å². The third kappa shape index (κ3) is 1.03. The highest BCUT2D eigenvalue weighted by atomic mass is 16.5. The van der Waals surface area contributed by atoms with Gasteiger partial charge in [0.25, 0.3) is 6.47 Å². The van der Waals surface area contributed by atoms with Gasteiger partial charge in [0.15, 0.2) is 0 Å². The highest BCUT2D eigenvalue weighted by Crippen LogP contribution is 2.18. The highest BCUT2D eigenvalue weighted by molar-refractivity contribution is 5.74. The maximum atomic E-state index is 9.98. The van der Waals surface area contributed by atoms with E-state index in [1.165, 1.54) is 12.5 Å². The molecule has 0 saturated carbocycles. The zero-order valence-electron chi connectivity index (χ0n) is 6.06. The highest BCUT2D eigenvalue weighted by Gasteiger charge is 1.99. The molecule has 0 fully saturated rings. The van der Waals surface area contributed by atoms with Crippen molar-refractivity contribution in [3.05, 3.63) is 24.6 Å². The van der Waals surface area contributed by atoms with Crippen molar-refractivity contribution >= 4 is 17.6 Å². The van der Waals surface area contributed by atoms with Crippen LogP contribution in [0.25, 0.3) is 11.1 Å². The van der Waals surface area contributed by atoms with Gasteiger partial charge in [-0.15, -0.1) is 0 Å². The molecule has 60 valence electrons. The van der Waals surface area contributed by atoms with Crippen molar-refractivity contribution in [1.29, 1.82) is 0 Å². The number of aromatic nitrogens is 1. The Bertz CT molecular complexity index is 407. The number of ether oxygens (including phenoxy) is 1. The van der Waals surface area contributed by atoms with Gasteiger partial charge in [-0.1, -0.05) is 0 Å². The Balaban J connectivity index is 2.52. The Labute approximate surface area is 67.8 Å². The van der Waals surface area contributed by atoms with E-state index in [1.54, 1.807) is 12.1 Å².